The van der Waals surface area contributed by atoms with Crippen molar-refractivity contribution >= 4 is 23.1 Å². The zero-order valence-electron chi connectivity index (χ0n) is 9.68. The van der Waals surface area contributed by atoms with E-state index in [2.05, 4.69) is 4.98 Å². The van der Waals surface area contributed by atoms with Crippen LogP contribution in [0.4, 0.5) is 5.69 Å². The van der Waals surface area contributed by atoms with Crippen LogP contribution in [-0.4, -0.2) is 17.9 Å². The summed E-state index contributed by atoms with van der Waals surface area (Å²) in [7, 11) is 1.50. The van der Waals surface area contributed by atoms with Crippen molar-refractivity contribution in [2.45, 2.75) is 0 Å². The van der Waals surface area contributed by atoms with Crippen molar-refractivity contribution in [2.24, 2.45) is 0 Å². The fourth-order valence-corrected chi connectivity index (χ4v) is 1.68. The van der Waals surface area contributed by atoms with Gasteiger partial charge in [-0.05, 0) is 24.3 Å². The van der Waals surface area contributed by atoms with E-state index < -0.39 is 0 Å². The summed E-state index contributed by atoms with van der Waals surface area (Å²) in [6.07, 6.45) is 1.42. The van der Waals surface area contributed by atoms with Crippen molar-refractivity contribution < 1.29 is 9.53 Å². The average molecular weight is 263 g/mol. The van der Waals surface area contributed by atoms with E-state index in [4.69, 9.17) is 22.1 Å². The number of nitrogens with two attached hydrogens (primary N) is 1. The third kappa shape index (κ3) is 2.28. The quantitative estimate of drug-likeness (QED) is 0.682. The average Bonchev–Trinajstić information content (AvgIpc) is 2.39. The van der Waals surface area contributed by atoms with Crippen LogP contribution in [0.3, 0.4) is 0 Å². The molecule has 18 heavy (non-hydrogen) atoms. The zero-order chi connectivity index (χ0) is 13.1. The Morgan fingerprint density at radius 2 is 2.11 bits per heavy atom. The Balaban J connectivity index is 2.43. The van der Waals surface area contributed by atoms with Gasteiger partial charge < -0.3 is 10.5 Å². The van der Waals surface area contributed by atoms with Crippen molar-refractivity contribution in [3.63, 3.8) is 0 Å². The first-order chi connectivity index (χ1) is 8.63. The first-order valence-corrected chi connectivity index (χ1v) is 5.60. The van der Waals surface area contributed by atoms with Crippen LogP contribution in [0.25, 0.3) is 0 Å². The molecule has 0 spiro atoms. The molecular formula is C13H11ClN2O2. The molecule has 1 aromatic heterocycles. The fourth-order valence-electron chi connectivity index (χ4n) is 1.57. The zero-order valence-corrected chi connectivity index (χ0v) is 10.4. The maximum absolute atomic E-state index is 12.2. The summed E-state index contributed by atoms with van der Waals surface area (Å²) in [6.45, 7) is 0. The first kappa shape index (κ1) is 12.4. The third-order valence-electron chi connectivity index (χ3n) is 2.49. The Morgan fingerprint density at radius 3 is 2.72 bits per heavy atom. The number of methoxy groups -OCH3 is 1. The van der Waals surface area contributed by atoms with Gasteiger partial charge >= 0.3 is 0 Å². The SMILES string of the molecule is COc1cccc(C(=O)c2ccc(Cl)cn2)c1N. The summed E-state index contributed by atoms with van der Waals surface area (Å²) in [5.41, 5.74) is 6.83. The minimum atomic E-state index is -0.261. The number of rotatable bonds is 3. The second kappa shape index (κ2) is 5.06. The largest absolute Gasteiger partial charge is 0.495 e. The van der Waals surface area contributed by atoms with Crippen LogP contribution in [0.2, 0.25) is 5.02 Å². The van der Waals surface area contributed by atoms with Gasteiger partial charge in [0.05, 0.1) is 23.4 Å². The molecular weight excluding hydrogens is 252 g/mol. The van der Waals surface area contributed by atoms with Crippen LogP contribution >= 0.6 is 11.6 Å². The lowest BCUT2D eigenvalue weighted by Crippen LogP contribution is -2.08. The van der Waals surface area contributed by atoms with E-state index >= 15 is 0 Å². The highest BCUT2D eigenvalue weighted by molar-refractivity contribution is 6.30. The molecule has 0 atom stereocenters. The minimum absolute atomic E-state index is 0.261. The minimum Gasteiger partial charge on any atom is -0.495 e. The number of ether oxygens (including phenoxy) is 1. The van der Waals surface area contributed by atoms with Gasteiger partial charge in [0.2, 0.25) is 5.78 Å². The molecule has 0 bridgehead atoms. The monoisotopic (exact) mass is 262 g/mol. The number of para-hydroxylation sites is 1. The van der Waals surface area contributed by atoms with E-state index in [0.29, 0.717) is 27.7 Å². The molecule has 0 unspecified atom stereocenters. The lowest BCUT2D eigenvalue weighted by atomic mass is 10.1. The lowest BCUT2D eigenvalue weighted by molar-refractivity contribution is 0.103. The Kier molecular flexibility index (Phi) is 3.48. The van der Waals surface area contributed by atoms with Gasteiger partial charge in [-0.3, -0.25) is 9.78 Å². The van der Waals surface area contributed by atoms with Gasteiger partial charge in [-0.25, -0.2) is 0 Å². The highest BCUT2D eigenvalue weighted by atomic mass is 35.5. The Hall–Kier alpha value is -2.07. The number of hydrogen-bond donors (Lipinski definition) is 1. The molecule has 0 fully saturated rings. The molecule has 0 aliphatic rings. The van der Waals surface area contributed by atoms with Gasteiger partial charge in [-0.15, -0.1) is 0 Å². The molecule has 2 rings (SSSR count). The van der Waals surface area contributed by atoms with Gasteiger partial charge in [-0.1, -0.05) is 17.7 Å². The molecule has 4 nitrogen and oxygen atoms in total. The molecule has 2 aromatic rings. The lowest BCUT2D eigenvalue weighted by Gasteiger charge is -2.08. The number of halogens is 1. The van der Waals surface area contributed by atoms with Gasteiger partial charge in [0.25, 0.3) is 0 Å². The second-order valence-corrected chi connectivity index (χ2v) is 4.05. The van der Waals surface area contributed by atoms with E-state index in [1.54, 1.807) is 30.3 Å². The summed E-state index contributed by atoms with van der Waals surface area (Å²) in [5.74, 6) is 0.206. The van der Waals surface area contributed by atoms with E-state index in [1.165, 1.54) is 13.3 Å². The van der Waals surface area contributed by atoms with E-state index in [9.17, 15) is 4.79 Å². The van der Waals surface area contributed by atoms with Crippen LogP contribution in [-0.2, 0) is 0 Å². The predicted molar refractivity (Wildman–Crippen MR) is 70.1 cm³/mol. The molecule has 0 amide bonds. The Morgan fingerprint density at radius 1 is 1.33 bits per heavy atom. The predicted octanol–water partition coefficient (Wildman–Crippen LogP) is 2.56. The highest BCUT2D eigenvalue weighted by Gasteiger charge is 2.15. The number of benzene rings is 1. The summed E-state index contributed by atoms with van der Waals surface area (Å²) in [6, 6.07) is 8.21. The van der Waals surface area contributed by atoms with Crippen LogP contribution in [0, 0.1) is 0 Å². The number of nitrogen functional groups attached to an aromatic ring is 1. The summed E-state index contributed by atoms with van der Waals surface area (Å²) in [5, 5.41) is 0.477. The number of carbonyl (C=O) groups is 1. The standard InChI is InChI=1S/C13H11ClN2O2/c1-18-11-4-2-3-9(12(11)15)13(17)10-6-5-8(14)7-16-10/h2-7H,15H2,1H3. The molecule has 1 aromatic carbocycles. The Labute approximate surface area is 109 Å². The molecule has 0 aliphatic carbocycles. The number of nitrogens with zero attached hydrogens (tertiary/aromatic N) is 1. The summed E-state index contributed by atoms with van der Waals surface area (Å²) in [4.78, 5) is 16.2. The number of hydrogen-bond acceptors (Lipinski definition) is 4. The van der Waals surface area contributed by atoms with E-state index in [-0.39, 0.29) is 5.78 Å². The molecule has 5 heteroatoms. The van der Waals surface area contributed by atoms with E-state index in [0.717, 1.165) is 0 Å². The highest BCUT2D eigenvalue weighted by Crippen LogP contribution is 2.26. The van der Waals surface area contributed by atoms with Gasteiger partial charge in [0.15, 0.2) is 0 Å². The van der Waals surface area contributed by atoms with Gasteiger partial charge in [0.1, 0.15) is 11.4 Å². The Bertz CT molecular complexity index is 582. The van der Waals surface area contributed by atoms with Crippen LogP contribution in [0.5, 0.6) is 5.75 Å². The normalized spacial score (nSPS) is 10.1. The third-order valence-corrected chi connectivity index (χ3v) is 2.71. The topological polar surface area (TPSA) is 65.2 Å². The number of ketones is 1. The van der Waals surface area contributed by atoms with Crippen molar-refractivity contribution in [1.82, 2.24) is 4.98 Å². The molecule has 0 aliphatic heterocycles. The number of carbonyl (C=O) groups excluding carboxylic acids is 1. The molecule has 2 N–H and O–H groups in total. The number of anilines is 1. The first-order valence-electron chi connectivity index (χ1n) is 5.22. The van der Waals surface area contributed by atoms with Crippen LogP contribution in [0.15, 0.2) is 36.5 Å². The maximum Gasteiger partial charge on any atom is 0.213 e. The summed E-state index contributed by atoms with van der Waals surface area (Å²) < 4.78 is 5.07. The molecule has 0 saturated carbocycles. The van der Waals surface area contributed by atoms with Crippen molar-refractivity contribution in [1.29, 1.82) is 0 Å². The molecule has 92 valence electrons. The molecule has 0 radical (unpaired) electrons. The molecule has 0 saturated heterocycles. The molecule has 1 heterocycles. The number of aromatic nitrogens is 1. The van der Waals surface area contributed by atoms with Crippen molar-refractivity contribution in [3.8, 4) is 5.75 Å². The fraction of sp³-hybridized carbons (Fsp3) is 0.0769. The van der Waals surface area contributed by atoms with Crippen LogP contribution < -0.4 is 10.5 Å². The summed E-state index contributed by atoms with van der Waals surface area (Å²) >= 11 is 5.72. The number of pyridine rings is 1. The van der Waals surface area contributed by atoms with E-state index in [1.807, 2.05) is 0 Å². The maximum atomic E-state index is 12.2. The van der Waals surface area contributed by atoms with Gasteiger partial charge in [-0.2, -0.15) is 0 Å². The van der Waals surface area contributed by atoms with Crippen molar-refractivity contribution in [2.75, 3.05) is 12.8 Å². The van der Waals surface area contributed by atoms with Crippen LogP contribution in [0.1, 0.15) is 16.1 Å². The van der Waals surface area contributed by atoms with Crippen molar-refractivity contribution in [3.05, 3.63) is 52.8 Å². The van der Waals surface area contributed by atoms with Gasteiger partial charge in [0, 0.05) is 6.20 Å². The second-order valence-electron chi connectivity index (χ2n) is 3.61. The smallest absolute Gasteiger partial charge is 0.213 e.